The zero-order valence-corrected chi connectivity index (χ0v) is 24.1. The molecule has 1 aromatic heterocycles. The number of hydrogen-bond donors (Lipinski definition) is 1. The van der Waals surface area contributed by atoms with Crippen molar-refractivity contribution in [1.82, 2.24) is 15.0 Å². The Morgan fingerprint density at radius 1 is 0.465 bits per heavy atom. The maximum atomic E-state index is 4.92. The molecule has 0 atom stereocenters. The number of aliphatic imine (C=N–C) groups is 1. The summed E-state index contributed by atoms with van der Waals surface area (Å²) in [5.74, 6) is 1.91. The lowest BCUT2D eigenvalue weighted by molar-refractivity contribution is 1.07. The van der Waals surface area contributed by atoms with E-state index in [0.29, 0.717) is 17.5 Å². The maximum absolute atomic E-state index is 4.92. The molecule has 0 saturated heterocycles. The zero-order valence-electron chi connectivity index (χ0n) is 23.2. The molecule has 7 rings (SSSR count). The second-order valence-corrected chi connectivity index (χ2v) is 10.6. The Balaban J connectivity index is 1.34. The van der Waals surface area contributed by atoms with Crippen LogP contribution in [0.25, 0.3) is 56.1 Å². The average molecular weight is 571 g/mol. The summed E-state index contributed by atoms with van der Waals surface area (Å²) in [6.07, 6.45) is 1.89. The van der Waals surface area contributed by atoms with Crippen molar-refractivity contribution in [3.8, 4) is 45.3 Å². The van der Waals surface area contributed by atoms with Crippen molar-refractivity contribution in [1.29, 1.82) is 0 Å². The van der Waals surface area contributed by atoms with Gasteiger partial charge < -0.3 is 0 Å². The maximum Gasteiger partial charge on any atom is 0.164 e. The number of fused-ring (bicyclic) bond motifs is 1. The summed E-state index contributed by atoms with van der Waals surface area (Å²) in [5, 5.41) is 2.14. The molecule has 0 saturated carbocycles. The van der Waals surface area contributed by atoms with Crippen LogP contribution in [0.5, 0.6) is 0 Å². The van der Waals surface area contributed by atoms with Gasteiger partial charge in [0.15, 0.2) is 17.5 Å². The third-order valence-electron chi connectivity index (χ3n) is 7.29. The third-order valence-corrected chi connectivity index (χ3v) is 7.65. The highest BCUT2D eigenvalue weighted by molar-refractivity contribution is 7.80. The van der Waals surface area contributed by atoms with E-state index in [1.807, 2.05) is 103 Å². The lowest BCUT2D eigenvalue weighted by atomic mass is 9.96. The number of aromatic nitrogens is 3. The van der Waals surface area contributed by atoms with Gasteiger partial charge in [0.1, 0.15) is 0 Å². The van der Waals surface area contributed by atoms with Crippen LogP contribution in [0.1, 0.15) is 5.56 Å². The van der Waals surface area contributed by atoms with E-state index in [4.69, 9.17) is 32.6 Å². The van der Waals surface area contributed by atoms with Crippen molar-refractivity contribution in [2.45, 2.75) is 4.90 Å². The molecule has 0 spiro atoms. The van der Waals surface area contributed by atoms with Crippen LogP contribution in [-0.4, -0.2) is 21.2 Å². The van der Waals surface area contributed by atoms with Gasteiger partial charge in [0.25, 0.3) is 0 Å². The highest BCUT2D eigenvalue weighted by Gasteiger charge is 2.14. The van der Waals surface area contributed by atoms with E-state index in [1.165, 1.54) is 0 Å². The van der Waals surface area contributed by atoms with Crippen molar-refractivity contribution in [2.75, 3.05) is 0 Å². The summed E-state index contributed by atoms with van der Waals surface area (Å²) in [4.78, 5) is 20.4. The van der Waals surface area contributed by atoms with Crippen molar-refractivity contribution in [3.05, 3.63) is 151 Å². The Labute approximate surface area is 255 Å². The van der Waals surface area contributed by atoms with E-state index in [2.05, 4.69) is 48.5 Å². The highest BCUT2D eigenvalue weighted by Crippen LogP contribution is 2.38. The number of nitrogens with zero attached hydrogens (tertiary/aromatic N) is 4. The van der Waals surface area contributed by atoms with E-state index in [9.17, 15) is 0 Å². The van der Waals surface area contributed by atoms with Crippen LogP contribution in [0.4, 0.5) is 5.69 Å². The van der Waals surface area contributed by atoms with Crippen LogP contribution >= 0.6 is 12.6 Å². The summed E-state index contributed by atoms with van der Waals surface area (Å²) >= 11 is 4.75. The van der Waals surface area contributed by atoms with Crippen molar-refractivity contribution >= 4 is 35.3 Å². The van der Waals surface area contributed by atoms with Crippen LogP contribution in [0.3, 0.4) is 0 Å². The lowest BCUT2D eigenvalue weighted by Crippen LogP contribution is -2.00. The van der Waals surface area contributed by atoms with Crippen molar-refractivity contribution < 1.29 is 0 Å². The summed E-state index contributed by atoms with van der Waals surface area (Å²) in [6.45, 7) is 0. The van der Waals surface area contributed by atoms with Gasteiger partial charge in [0.05, 0.1) is 5.69 Å². The van der Waals surface area contributed by atoms with Gasteiger partial charge in [-0.2, -0.15) is 0 Å². The Kier molecular flexibility index (Phi) is 7.30. The minimum Gasteiger partial charge on any atom is -0.254 e. The molecule has 43 heavy (non-hydrogen) atoms. The lowest BCUT2D eigenvalue weighted by Gasteiger charge is -2.12. The van der Waals surface area contributed by atoms with Gasteiger partial charge in [-0.3, -0.25) is 4.99 Å². The fourth-order valence-corrected chi connectivity index (χ4v) is 5.41. The molecule has 0 unspecified atom stereocenters. The second-order valence-electron chi connectivity index (χ2n) is 10.1. The molecule has 6 aromatic carbocycles. The molecule has 0 bridgehead atoms. The van der Waals surface area contributed by atoms with Gasteiger partial charge in [0.2, 0.25) is 0 Å². The molecule has 1 heterocycles. The molecule has 0 aliphatic rings. The first kappa shape index (κ1) is 26.5. The van der Waals surface area contributed by atoms with E-state index >= 15 is 0 Å². The SMILES string of the molecule is Sc1ccc2c(-c3cccc(-c4nc(-c5ccccc5)nc(-c5ccccc5)n4)c3)cccc2c1/N=C/c1ccccc1. The Hall–Kier alpha value is -5.39. The molecular weight excluding hydrogens is 545 g/mol. The van der Waals surface area contributed by atoms with Gasteiger partial charge >= 0.3 is 0 Å². The van der Waals surface area contributed by atoms with Crippen molar-refractivity contribution in [2.24, 2.45) is 4.99 Å². The van der Waals surface area contributed by atoms with Crippen LogP contribution < -0.4 is 0 Å². The average Bonchev–Trinajstić information content (AvgIpc) is 3.08. The molecular formula is C38H26N4S. The van der Waals surface area contributed by atoms with Crippen LogP contribution in [0, 0.1) is 0 Å². The monoisotopic (exact) mass is 570 g/mol. The third kappa shape index (κ3) is 5.59. The summed E-state index contributed by atoms with van der Waals surface area (Å²) < 4.78 is 0. The molecule has 204 valence electrons. The first-order chi connectivity index (χ1) is 21.2. The fraction of sp³-hybridized carbons (Fsp3) is 0. The van der Waals surface area contributed by atoms with E-state index < -0.39 is 0 Å². The number of thiol groups is 1. The zero-order chi connectivity index (χ0) is 29.0. The van der Waals surface area contributed by atoms with Gasteiger partial charge in [-0.25, -0.2) is 15.0 Å². The molecule has 0 aliphatic heterocycles. The number of hydrogen-bond acceptors (Lipinski definition) is 5. The standard InChI is InChI=1S/C38H26N4S/c43-34-23-22-32-31(20-11-21-33(32)35(34)39-25-26-12-4-1-5-13-26)29-18-10-19-30(24-29)38-41-36(27-14-6-2-7-15-27)40-37(42-38)28-16-8-3-9-17-28/h1-25,43H/b39-25+. The fourth-order valence-electron chi connectivity index (χ4n) is 5.16. The van der Waals surface area contributed by atoms with Gasteiger partial charge in [-0.15, -0.1) is 12.6 Å². The highest BCUT2D eigenvalue weighted by atomic mass is 32.1. The first-order valence-corrected chi connectivity index (χ1v) is 14.5. The topological polar surface area (TPSA) is 51.0 Å². The van der Waals surface area contributed by atoms with Gasteiger partial charge in [-0.05, 0) is 34.2 Å². The Morgan fingerprint density at radius 2 is 1.00 bits per heavy atom. The smallest absolute Gasteiger partial charge is 0.164 e. The number of rotatable bonds is 6. The van der Waals surface area contributed by atoms with Crippen molar-refractivity contribution in [3.63, 3.8) is 0 Å². The minimum atomic E-state index is 0.626. The number of benzene rings is 6. The van der Waals surface area contributed by atoms with Gasteiger partial charge in [-0.1, -0.05) is 133 Å². The Morgan fingerprint density at radius 3 is 1.65 bits per heavy atom. The van der Waals surface area contributed by atoms with E-state index in [-0.39, 0.29) is 0 Å². The second kappa shape index (κ2) is 11.8. The van der Waals surface area contributed by atoms with Crippen LogP contribution in [0.15, 0.2) is 155 Å². The predicted octanol–water partition coefficient (Wildman–Crippen LogP) is 9.73. The first-order valence-electron chi connectivity index (χ1n) is 14.0. The molecule has 0 fully saturated rings. The molecule has 0 N–H and O–H groups in total. The molecule has 5 heteroatoms. The summed E-state index contributed by atoms with van der Waals surface area (Å²) in [5.41, 5.74) is 6.86. The molecule has 0 amide bonds. The predicted molar refractivity (Wildman–Crippen MR) is 180 cm³/mol. The van der Waals surface area contributed by atoms with E-state index in [1.54, 1.807) is 0 Å². The van der Waals surface area contributed by atoms with Crippen LogP contribution in [-0.2, 0) is 0 Å². The molecule has 0 radical (unpaired) electrons. The molecule has 4 nitrogen and oxygen atoms in total. The largest absolute Gasteiger partial charge is 0.254 e. The van der Waals surface area contributed by atoms with E-state index in [0.717, 1.165) is 54.7 Å². The molecule has 0 aliphatic carbocycles. The molecule has 7 aromatic rings. The van der Waals surface area contributed by atoms with Gasteiger partial charge in [0, 0.05) is 33.2 Å². The Bertz CT molecular complexity index is 2020. The summed E-state index contributed by atoms with van der Waals surface area (Å²) in [6, 6.07) is 49.0. The summed E-state index contributed by atoms with van der Waals surface area (Å²) in [7, 11) is 0. The minimum absolute atomic E-state index is 0.626. The quantitative estimate of drug-likeness (QED) is 0.160. The van der Waals surface area contributed by atoms with Crippen LogP contribution in [0.2, 0.25) is 0 Å². The normalized spacial score (nSPS) is 11.3.